The summed E-state index contributed by atoms with van der Waals surface area (Å²) >= 11 is 0. The van der Waals surface area contributed by atoms with Crippen LogP contribution in [-0.2, 0) is 4.79 Å². The number of carbonyl (C=O) groups excluding carboxylic acids is 2. The fourth-order valence-corrected chi connectivity index (χ4v) is 5.21. The summed E-state index contributed by atoms with van der Waals surface area (Å²) in [6.07, 6.45) is 2.13. The van der Waals surface area contributed by atoms with Crippen molar-refractivity contribution in [1.82, 2.24) is 15.6 Å². The number of hydrogen-bond acceptors (Lipinski definition) is 4. The van der Waals surface area contributed by atoms with E-state index in [0.717, 1.165) is 17.7 Å². The van der Waals surface area contributed by atoms with Gasteiger partial charge in [0.15, 0.2) is 0 Å². The van der Waals surface area contributed by atoms with Crippen molar-refractivity contribution < 1.29 is 22.8 Å². The van der Waals surface area contributed by atoms with Crippen LogP contribution in [0.2, 0.25) is 0 Å². The Hall–Kier alpha value is -4.50. The van der Waals surface area contributed by atoms with Gasteiger partial charge in [-0.15, -0.1) is 0 Å². The van der Waals surface area contributed by atoms with E-state index in [-0.39, 0.29) is 29.5 Å². The molecule has 0 bridgehead atoms. The Morgan fingerprint density at radius 2 is 1.73 bits per heavy atom. The maximum atomic E-state index is 14.3. The lowest BCUT2D eigenvalue weighted by Crippen LogP contribution is -2.42. The quantitative estimate of drug-likeness (QED) is 0.301. The first-order valence-electron chi connectivity index (χ1n) is 12.9. The molecule has 2 heterocycles. The molecule has 1 fully saturated rings. The molecule has 9 heteroatoms. The van der Waals surface area contributed by atoms with Gasteiger partial charge >= 0.3 is 0 Å². The van der Waals surface area contributed by atoms with Gasteiger partial charge in [0, 0.05) is 36.8 Å². The largest absolute Gasteiger partial charge is 0.366 e. The molecule has 40 heavy (non-hydrogen) atoms. The summed E-state index contributed by atoms with van der Waals surface area (Å²) in [4.78, 5) is 29.5. The van der Waals surface area contributed by atoms with Crippen LogP contribution in [-0.4, -0.2) is 35.9 Å². The summed E-state index contributed by atoms with van der Waals surface area (Å²) in [5, 5.41) is 6.19. The van der Waals surface area contributed by atoms with Crippen molar-refractivity contribution in [1.29, 1.82) is 0 Å². The first kappa shape index (κ1) is 27.1. The minimum Gasteiger partial charge on any atom is -0.366 e. The summed E-state index contributed by atoms with van der Waals surface area (Å²) in [6, 6.07) is 19.9. The van der Waals surface area contributed by atoms with Crippen molar-refractivity contribution in [2.75, 3.05) is 13.1 Å². The van der Waals surface area contributed by atoms with Gasteiger partial charge < -0.3 is 16.4 Å². The SMILES string of the molecule is NC(=O)c1cc(-c2cccnc2[C@@H](CNC(=O)[C@@H]2C[C@H](c3ccccc3)CN2)c2cc(F)cc(F)c2)ccc1F. The average Bonchev–Trinajstić information content (AvgIpc) is 3.44. The number of hydrogen-bond donors (Lipinski definition) is 3. The molecule has 204 valence electrons. The van der Waals surface area contributed by atoms with Crippen molar-refractivity contribution in [3.8, 4) is 11.1 Å². The van der Waals surface area contributed by atoms with Gasteiger partial charge in [0.2, 0.25) is 5.91 Å². The van der Waals surface area contributed by atoms with E-state index in [0.29, 0.717) is 29.8 Å². The molecule has 1 saturated heterocycles. The van der Waals surface area contributed by atoms with Crippen molar-refractivity contribution in [3.05, 3.63) is 125 Å². The molecule has 6 nitrogen and oxygen atoms in total. The van der Waals surface area contributed by atoms with Crippen molar-refractivity contribution in [2.24, 2.45) is 5.73 Å². The molecule has 5 rings (SSSR count). The summed E-state index contributed by atoms with van der Waals surface area (Å²) in [6.45, 7) is 0.640. The third-order valence-corrected chi connectivity index (χ3v) is 7.20. The van der Waals surface area contributed by atoms with Crippen molar-refractivity contribution >= 4 is 11.8 Å². The van der Waals surface area contributed by atoms with Crippen LogP contribution in [0.5, 0.6) is 0 Å². The molecule has 0 unspecified atom stereocenters. The topological polar surface area (TPSA) is 97.1 Å². The number of amides is 2. The van der Waals surface area contributed by atoms with Crippen LogP contribution in [0.1, 0.15) is 45.4 Å². The normalized spacial score (nSPS) is 17.4. The standard InChI is InChI=1S/C31H27F3N4O2/c32-22-11-20(12-23(33)15-22)26(17-38-31(40)28-14-21(16-37-28)18-5-2-1-3-6-18)29-24(7-4-10-36-29)19-8-9-27(34)25(13-19)30(35)39/h1-13,15,21,26,28,37H,14,16-17H2,(H2,35,39)(H,38,40)/t21-,26-,28-/m0/s1. The molecule has 1 aromatic heterocycles. The van der Waals surface area contributed by atoms with Gasteiger partial charge in [0.25, 0.3) is 5.91 Å². The lowest BCUT2D eigenvalue weighted by Gasteiger charge is -2.22. The Balaban J connectivity index is 1.45. The monoisotopic (exact) mass is 544 g/mol. The number of nitrogens with one attached hydrogen (secondary N) is 2. The molecule has 4 N–H and O–H groups in total. The van der Waals surface area contributed by atoms with Crippen LogP contribution in [0.3, 0.4) is 0 Å². The molecule has 2 amide bonds. The first-order valence-corrected chi connectivity index (χ1v) is 12.9. The number of halogens is 3. The number of carbonyl (C=O) groups is 2. The van der Waals surface area contributed by atoms with Gasteiger partial charge in [0.05, 0.1) is 17.3 Å². The number of pyridine rings is 1. The third kappa shape index (κ3) is 5.89. The minimum absolute atomic E-state index is 0.0101. The summed E-state index contributed by atoms with van der Waals surface area (Å²) in [5.41, 5.74) is 7.77. The Kier molecular flexibility index (Phi) is 7.93. The molecule has 0 spiro atoms. The van der Waals surface area contributed by atoms with E-state index in [1.54, 1.807) is 12.1 Å². The van der Waals surface area contributed by atoms with E-state index in [1.807, 2.05) is 30.3 Å². The van der Waals surface area contributed by atoms with Crippen LogP contribution >= 0.6 is 0 Å². The molecule has 4 aromatic rings. The number of benzene rings is 3. The van der Waals surface area contributed by atoms with Gasteiger partial charge in [-0.1, -0.05) is 42.5 Å². The molecule has 3 atom stereocenters. The Bertz CT molecular complexity index is 1530. The second kappa shape index (κ2) is 11.7. The van der Waals surface area contributed by atoms with Crippen LogP contribution < -0.4 is 16.4 Å². The van der Waals surface area contributed by atoms with Gasteiger partial charge in [0.1, 0.15) is 17.5 Å². The molecule has 0 saturated carbocycles. The first-order chi connectivity index (χ1) is 19.3. The van der Waals surface area contributed by atoms with Crippen molar-refractivity contribution in [2.45, 2.75) is 24.3 Å². The lowest BCUT2D eigenvalue weighted by atomic mass is 9.89. The van der Waals surface area contributed by atoms with Crippen LogP contribution in [0.25, 0.3) is 11.1 Å². The number of nitrogens with zero attached hydrogens (tertiary/aromatic N) is 1. The maximum absolute atomic E-state index is 14.3. The lowest BCUT2D eigenvalue weighted by molar-refractivity contribution is -0.122. The van der Waals surface area contributed by atoms with E-state index in [4.69, 9.17) is 5.73 Å². The maximum Gasteiger partial charge on any atom is 0.251 e. The van der Waals surface area contributed by atoms with E-state index >= 15 is 0 Å². The van der Waals surface area contributed by atoms with Gasteiger partial charge in [-0.3, -0.25) is 14.6 Å². The second-order valence-electron chi connectivity index (χ2n) is 9.80. The molecule has 0 aliphatic carbocycles. The predicted octanol–water partition coefficient (Wildman–Crippen LogP) is 4.66. The van der Waals surface area contributed by atoms with E-state index in [9.17, 15) is 22.8 Å². The molecule has 1 aliphatic rings. The highest BCUT2D eigenvalue weighted by Gasteiger charge is 2.31. The summed E-state index contributed by atoms with van der Waals surface area (Å²) in [5.74, 6) is -4.07. The zero-order chi connectivity index (χ0) is 28.2. The fraction of sp³-hybridized carbons (Fsp3) is 0.194. The molecule has 1 aliphatic heterocycles. The highest BCUT2D eigenvalue weighted by molar-refractivity contribution is 5.94. The van der Waals surface area contributed by atoms with E-state index in [1.165, 1.54) is 30.5 Å². The summed E-state index contributed by atoms with van der Waals surface area (Å²) in [7, 11) is 0. The highest BCUT2D eigenvalue weighted by Crippen LogP contribution is 2.33. The van der Waals surface area contributed by atoms with E-state index in [2.05, 4.69) is 15.6 Å². The third-order valence-electron chi connectivity index (χ3n) is 7.20. The van der Waals surface area contributed by atoms with Crippen LogP contribution in [0.4, 0.5) is 13.2 Å². The van der Waals surface area contributed by atoms with Crippen LogP contribution in [0.15, 0.2) is 85.1 Å². The Morgan fingerprint density at radius 3 is 2.45 bits per heavy atom. The number of aromatic nitrogens is 1. The average molecular weight is 545 g/mol. The second-order valence-corrected chi connectivity index (χ2v) is 9.80. The van der Waals surface area contributed by atoms with Crippen LogP contribution in [0, 0.1) is 17.5 Å². The van der Waals surface area contributed by atoms with Gasteiger partial charge in [-0.2, -0.15) is 0 Å². The van der Waals surface area contributed by atoms with Gasteiger partial charge in [-0.25, -0.2) is 13.2 Å². The van der Waals surface area contributed by atoms with E-state index < -0.39 is 35.3 Å². The molecule has 3 aromatic carbocycles. The van der Waals surface area contributed by atoms with Gasteiger partial charge in [-0.05, 0) is 59.4 Å². The summed E-state index contributed by atoms with van der Waals surface area (Å²) < 4.78 is 42.8. The number of primary amides is 1. The molecular formula is C31H27F3N4O2. The zero-order valence-electron chi connectivity index (χ0n) is 21.4. The highest BCUT2D eigenvalue weighted by atomic mass is 19.1. The minimum atomic E-state index is -0.932. The number of nitrogens with two attached hydrogens (primary N) is 1. The van der Waals surface area contributed by atoms with Crippen molar-refractivity contribution in [3.63, 3.8) is 0 Å². The Morgan fingerprint density at radius 1 is 0.975 bits per heavy atom. The smallest absolute Gasteiger partial charge is 0.251 e. The zero-order valence-corrected chi connectivity index (χ0v) is 21.4. The fourth-order valence-electron chi connectivity index (χ4n) is 5.21. The molecular weight excluding hydrogens is 517 g/mol. The molecule has 0 radical (unpaired) electrons. The Labute approximate surface area is 229 Å². The number of rotatable bonds is 8. The predicted molar refractivity (Wildman–Crippen MR) is 145 cm³/mol.